The first-order chi connectivity index (χ1) is 8.58. The van der Waals surface area contributed by atoms with Gasteiger partial charge in [0.2, 0.25) is 5.91 Å². The van der Waals surface area contributed by atoms with Gasteiger partial charge in [-0.2, -0.15) is 0 Å². The van der Waals surface area contributed by atoms with E-state index < -0.39 is 0 Å². The maximum absolute atomic E-state index is 11.8. The average molecular weight is 256 g/mol. The van der Waals surface area contributed by atoms with Gasteiger partial charge in [-0.15, -0.1) is 0 Å². The van der Waals surface area contributed by atoms with E-state index in [4.69, 9.17) is 4.74 Å². The van der Waals surface area contributed by atoms with Crippen LogP contribution in [-0.4, -0.2) is 49.1 Å². The topological polar surface area (TPSA) is 58.6 Å². The molecular formula is C13H24N2O3. The number of nitrogens with one attached hydrogen (secondary N) is 1. The Morgan fingerprint density at radius 1 is 1.44 bits per heavy atom. The zero-order chi connectivity index (χ0) is 13.5. The van der Waals surface area contributed by atoms with Gasteiger partial charge in [-0.1, -0.05) is 13.3 Å². The largest absolute Gasteiger partial charge is 0.468 e. The number of nitrogens with zero attached hydrogens (tertiary/aromatic N) is 1. The molecule has 1 aliphatic heterocycles. The summed E-state index contributed by atoms with van der Waals surface area (Å²) in [6.45, 7) is 5.08. The van der Waals surface area contributed by atoms with Gasteiger partial charge < -0.3 is 10.1 Å². The molecule has 0 aromatic rings. The average Bonchev–Trinajstić information content (AvgIpc) is 2.38. The third-order valence-electron chi connectivity index (χ3n) is 3.45. The minimum Gasteiger partial charge on any atom is -0.468 e. The van der Waals surface area contributed by atoms with Crippen LogP contribution in [0, 0.1) is 0 Å². The van der Waals surface area contributed by atoms with Crippen molar-refractivity contribution in [1.82, 2.24) is 10.2 Å². The number of rotatable bonds is 5. The Morgan fingerprint density at radius 2 is 2.17 bits per heavy atom. The zero-order valence-corrected chi connectivity index (χ0v) is 11.6. The van der Waals surface area contributed by atoms with Crippen molar-refractivity contribution in [2.75, 3.05) is 20.2 Å². The molecule has 1 fully saturated rings. The summed E-state index contributed by atoms with van der Waals surface area (Å²) in [5.41, 5.74) is 0. The molecular weight excluding hydrogens is 232 g/mol. The molecule has 0 aromatic carbocycles. The number of likely N-dealkylation sites (tertiary alicyclic amines) is 1. The Balaban J connectivity index is 2.51. The lowest BCUT2D eigenvalue weighted by atomic mass is 10.0. The highest BCUT2D eigenvalue weighted by atomic mass is 16.5. The Kier molecular flexibility index (Phi) is 6.12. The van der Waals surface area contributed by atoms with Gasteiger partial charge >= 0.3 is 5.97 Å². The lowest BCUT2D eigenvalue weighted by molar-refractivity contribution is -0.148. The van der Waals surface area contributed by atoms with E-state index in [2.05, 4.69) is 5.32 Å². The molecule has 0 aromatic heterocycles. The van der Waals surface area contributed by atoms with Gasteiger partial charge in [0.15, 0.2) is 0 Å². The summed E-state index contributed by atoms with van der Waals surface area (Å²) in [6.07, 6.45) is 3.74. The van der Waals surface area contributed by atoms with Crippen molar-refractivity contribution in [3.63, 3.8) is 0 Å². The fourth-order valence-corrected chi connectivity index (χ4v) is 2.19. The van der Waals surface area contributed by atoms with Crippen LogP contribution in [0.25, 0.3) is 0 Å². The predicted molar refractivity (Wildman–Crippen MR) is 69.1 cm³/mol. The lowest BCUT2D eigenvalue weighted by Gasteiger charge is -2.33. The number of hydrogen-bond acceptors (Lipinski definition) is 4. The lowest BCUT2D eigenvalue weighted by Crippen LogP contribution is -2.50. The summed E-state index contributed by atoms with van der Waals surface area (Å²) in [4.78, 5) is 25.4. The van der Waals surface area contributed by atoms with Crippen molar-refractivity contribution in [2.24, 2.45) is 0 Å². The maximum Gasteiger partial charge on any atom is 0.323 e. The van der Waals surface area contributed by atoms with E-state index in [0.717, 1.165) is 32.2 Å². The summed E-state index contributed by atoms with van der Waals surface area (Å²) in [6, 6.07) is -0.0784. The fourth-order valence-electron chi connectivity index (χ4n) is 2.19. The SMILES string of the molecule is CCC(C)NC(=O)CN1CCCCC1C(=O)OC. The van der Waals surface area contributed by atoms with Crippen LogP contribution in [0.4, 0.5) is 0 Å². The second-order valence-electron chi connectivity index (χ2n) is 4.88. The van der Waals surface area contributed by atoms with Crippen LogP contribution >= 0.6 is 0 Å². The molecule has 18 heavy (non-hydrogen) atoms. The minimum absolute atomic E-state index is 0.0137. The number of carbonyl (C=O) groups excluding carboxylic acids is 2. The number of methoxy groups -OCH3 is 1. The van der Waals surface area contributed by atoms with Crippen LogP contribution in [0.5, 0.6) is 0 Å². The van der Waals surface area contributed by atoms with Crippen molar-refractivity contribution in [1.29, 1.82) is 0 Å². The summed E-state index contributed by atoms with van der Waals surface area (Å²) in [5.74, 6) is -0.244. The second-order valence-corrected chi connectivity index (χ2v) is 4.88. The second kappa shape index (κ2) is 7.36. The van der Waals surface area contributed by atoms with Crippen molar-refractivity contribution < 1.29 is 14.3 Å². The normalized spacial score (nSPS) is 22.3. The van der Waals surface area contributed by atoms with E-state index in [1.165, 1.54) is 7.11 Å². The fraction of sp³-hybridized carbons (Fsp3) is 0.846. The van der Waals surface area contributed by atoms with Crippen molar-refractivity contribution in [3.05, 3.63) is 0 Å². The van der Waals surface area contributed by atoms with Crippen molar-refractivity contribution in [2.45, 2.75) is 51.6 Å². The zero-order valence-electron chi connectivity index (χ0n) is 11.6. The quantitative estimate of drug-likeness (QED) is 0.743. The number of hydrogen-bond donors (Lipinski definition) is 1. The summed E-state index contributed by atoms with van der Waals surface area (Å²) in [5, 5.41) is 2.92. The number of piperidine rings is 1. The smallest absolute Gasteiger partial charge is 0.323 e. The molecule has 5 heteroatoms. The van der Waals surface area contributed by atoms with Crippen molar-refractivity contribution in [3.8, 4) is 0 Å². The van der Waals surface area contributed by atoms with Crippen LogP contribution in [0.2, 0.25) is 0 Å². The van der Waals surface area contributed by atoms with Gasteiger partial charge in [-0.3, -0.25) is 14.5 Å². The predicted octanol–water partition coefficient (Wildman–Crippen LogP) is 0.929. The highest BCUT2D eigenvalue weighted by molar-refractivity contribution is 5.80. The molecule has 2 atom stereocenters. The maximum atomic E-state index is 11.8. The van der Waals surface area contributed by atoms with Gasteiger partial charge in [0, 0.05) is 6.04 Å². The van der Waals surface area contributed by atoms with Gasteiger partial charge in [-0.05, 0) is 32.7 Å². The summed E-state index contributed by atoms with van der Waals surface area (Å²) in [7, 11) is 1.40. The summed E-state index contributed by atoms with van der Waals surface area (Å²) < 4.78 is 4.79. The molecule has 0 saturated carbocycles. The molecule has 0 radical (unpaired) electrons. The van der Waals surface area contributed by atoms with E-state index in [0.29, 0.717) is 0 Å². The molecule has 5 nitrogen and oxygen atoms in total. The molecule has 0 bridgehead atoms. The van der Waals surface area contributed by atoms with Crippen LogP contribution in [0.1, 0.15) is 39.5 Å². The van der Waals surface area contributed by atoms with Crippen LogP contribution in [0.3, 0.4) is 0 Å². The minimum atomic E-state index is -0.258. The number of carbonyl (C=O) groups is 2. The third-order valence-corrected chi connectivity index (χ3v) is 3.45. The standard InChI is InChI=1S/C13H24N2O3/c1-4-10(2)14-12(16)9-15-8-6-5-7-11(15)13(17)18-3/h10-11H,4-9H2,1-3H3,(H,14,16). The van der Waals surface area contributed by atoms with E-state index in [-0.39, 0.29) is 30.5 Å². The Labute approximate surface area is 109 Å². The highest BCUT2D eigenvalue weighted by Gasteiger charge is 2.30. The van der Waals surface area contributed by atoms with Crippen LogP contribution in [-0.2, 0) is 14.3 Å². The van der Waals surface area contributed by atoms with Gasteiger partial charge in [0.1, 0.15) is 6.04 Å². The van der Waals surface area contributed by atoms with Gasteiger partial charge in [0.05, 0.1) is 13.7 Å². The van der Waals surface area contributed by atoms with E-state index in [9.17, 15) is 9.59 Å². The molecule has 1 N–H and O–H groups in total. The van der Waals surface area contributed by atoms with E-state index >= 15 is 0 Å². The molecule has 1 saturated heterocycles. The molecule has 1 amide bonds. The summed E-state index contributed by atoms with van der Waals surface area (Å²) >= 11 is 0. The van der Waals surface area contributed by atoms with Gasteiger partial charge in [-0.25, -0.2) is 0 Å². The number of esters is 1. The highest BCUT2D eigenvalue weighted by Crippen LogP contribution is 2.17. The van der Waals surface area contributed by atoms with Gasteiger partial charge in [0.25, 0.3) is 0 Å². The van der Waals surface area contributed by atoms with E-state index in [1.807, 2.05) is 18.7 Å². The molecule has 0 aliphatic carbocycles. The molecule has 0 spiro atoms. The Bertz CT molecular complexity index is 294. The Hall–Kier alpha value is -1.10. The number of amides is 1. The van der Waals surface area contributed by atoms with E-state index in [1.54, 1.807) is 0 Å². The molecule has 2 unspecified atom stereocenters. The first-order valence-electron chi connectivity index (χ1n) is 6.69. The molecule has 104 valence electrons. The molecule has 1 aliphatic rings. The monoisotopic (exact) mass is 256 g/mol. The van der Waals surface area contributed by atoms with Crippen LogP contribution < -0.4 is 5.32 Å². The van der Waals surface area contributed by atoms with Crippen molar-refractivity contribution >= 4 is 11.9 Å². The third kappa shape index (κ3) is 4.29. The van der Waals surface area contributed by atoms with Crippen LogP contribution in [0.15, 0.2) is 0 Å². The first kappa shape index (κ1) is 15.0. The molecule has 1 rings (SSSR count). The first-order valence-corrected chi connectivity index (χ1v) is 6.69. The molecule has 1 heterocycles. The number of ether oxygens (including phenoxy) is 1. The Morgan fingerprint density at radius 3 is 2.78 bits per heavy atom.